The maximum atomic E-state index is 10.4. The molecule has 0 aliphatic heterocycles. The largest absolute Gasteiger partial charge is 0.394 e. The predicted molar refractivity (Wildman–Crippen MR) is 119 cm³/mol. The standard InChI is InChI=1S/C18H38N2O10.2ClH/c19-9-1-3-18(4-2-9,5-10(23)14(27)16(29)12(25)7-21)20-6-11(24)15(28)17(30)13(26)8-22;;/h9-17,20-30H,1-8,19H2;2*1H/t9?,10-,11-,12+,13+,14+,15+,16+,17+,18?;;/m0../s1. The van der Waals surface area contributed by atoms with E-state index >= 15 is 0 Å². The van der Waals surface area contributed by atoms with Crippen molar-refractivity contribution in [2.24, 2.45) is 5.73 Å². The topological polar surface area (TPSA) is 240 Å². The SMILES string of the molecule is Cl.Cl.NC1CCC(C[C@H](O)[C@@H](O)[C@H](O)[C@H](O)CO)(NC[C@H](O)[C@@H](O)[C@H](O)[C@H](O)CO)CC1. The molecule has 0 aromatic carbocycles. The highest BCUT2D eigenvalue weighted by molar-refractivity contribution is 5.85. The second-order valence-corrected chi connectivity index (χ2v) is 8.30. The molecule has 14 heteroatoms. The van der Waals surface area contributed by atoms with Crippen LogP contribution in [0.1, 0.15) is 32.1 Å². The quantitative estimate of drug-likeness (QED) is 0.111. The fourth-order valence-electron chi connectivity index (χ4n) is 3.74. The molecule has 196 valence electrons. The van der Waals surface area contributed by atoms with Crippen molar-refractivity contribution in [3.8, 4) is 0 Å². The molecule has 0 bridgehead atoms. The smallest absolute Gasteiger partial charge is 0.111 e. The summed E-state index contributed by atoms with van der Waals surface area (Å²) in [4.78, 5) is 0. The molecule has 1 aliphatic rings. The molecule has 0 heterocycles. The maximum Gasteiger partial charge on any atom is 0.111 e. The van der Waals surface area contributed by atoms with Crippen molar-refractivity contribution in [1.82, 2.24) is 5.32 Å². The second kappa shape index (κ2) is 15.9. The fraction of sp³-hybridized carbons (Fsp3) is 1.00. The molecule has 0 saturated heterocycles. The van der Waals surface area contributed by atoms with Crippen LogP contribution in [0.3, 0.4) is 0 Å². The van der Waals surface area contributed by atoms with Gasteiger partial charge in [0.1, 0.15) is 36.6 Å². The van der Waals surface area contributed by atoms with Gasteiger partial charge < -0.3 is 62.1 Å². The lowest BCUT2D eigenvalue weighted by Gasteiger charge is -2.43. The molecule has 1 saturated carbocycles. The maximum absolute atomic E-state index is 10.4. The Balaban J connectivity index is 0. The van der Waals surface area contributed by atoms with E-state index in [-0.39, 0.29) is 43.8 Å². The molecule has 1 fully saturated rings. The molecule has 0 aromatic rings. The van der Waals surface area contributed by atoms with Crippen LogP contribution < -0.4 is 11.1 Å². The van der Waals surface area contributed by atoms with Crippen LogP contribution >= 0.6 is 24.8 Å². The minimum Gasteiger partial charge on any atom is -0.394 e. The third-order valence-corrected chi connectivity index (χ3v) is 5.92. The average Bonchev–Trinajstić information content (AvgIpc) is 2.75. The lowest BCUT2D eigenvalue weighted by atomic mass is 9.75. The van der Waals surface area contributed by atoms with Gasteiger partial charge in [-0.25, -0.2) is 0 Å². The van der Waals surface area contributed by atoms with Crippen molar-refractivity contribution in [2.45, 2.75) is 92.5 Å². The number of β-amino-alcohol motifs (C(OH)–C–C–N with tert-alkyl or cyclic N) is 1. The molecular formula is C18H40Cl2N2O10. The molecule has 1 aliphatic carbocycles. The second-order valence-electron chi connectivity index (χ2n) is 8.30. The zero-order valence-corrected chi connectivity index (χ0v) is 19.4. The first-order chi connectivity index (χ1) is 14.0. The molecular weight excluding hydrogens is 475 g/mol. The van der Waals surface area contributed by atoms with E-state index in [0.29, 0.717) is 25.7 Å². The Morgan fingerprint density at radius 2 is 1.06 bits per heavy atom. The highest BCUT2D eigenvalue weighted by Crippen LogP contribution is 2.33. The van der Waals surface area contributed by atoms with Crippen molar-refractivity contribution in [3.63, 3.8) is 0 Å². The van der Waals surface area contributed by atoms with E-state index in [4.69, 9.17) is 15.9 Å². The van der Waals surface area contributed by atoms with Crippen molar-refractivity contribution in [1.29, 1.82) is 0 Å². The van der Waals surface area contributed by atoms with Crippen molar-refractivity contribution < 1.29 is 51.1 Å². The van der Waals surface area contributed by atoms with Crippen LogP contribution in [0.15, 0.2) is 0 Å². The summed E-state index contributed by atoms with van der Waals surface area (Å²) in [5, 5.41) is 99.9. The van der Waals surface area contributed by atoms with Gasteiger partial charge >= 0.3 is 0 Å². The molecule has 1 rings (SSSR count). The lowest BCUT2D eigenvalue weighted by molar-refractivity contribution is -0.124. The van der Waals surface area contributed by atoms with E-state index in [0.717, 1.165) is 0 Å². The van der Waals surface area contributed by atoms with E-state index in [1.807, 2.05) is 0 Å². The number of nitrogens with one attached hydrogen (secondary N) is 1. The Labute approximate surface area is 199 Å². The zero-order valence-electron chi connectivity index (χ0n) is 17.7. The van der Waals surface area contributed by atoms with Gasteiger partial charge in [0.25, 0.3) is 0 Å². The van der Waals surface area contributed by atoms with Gasteiger partial charge in [0.2, 0.25) is 0 Å². The number of nitrogens with two attached hydrogens (primary N) is 1. The van der Waals surface area contributed by atoms with Crippen LogP contribution in [-0.4, -0.2) is 131 Å². The number of aliphatic hydroxyl groups excluding tert-OH is 10. The first kappa shape index (κ1) is 34.3. The highest BCUT2D eigenvalue weighted by Gasteiger charge is 2.41. The van der Waals surface area contributed by atoms with Crippen molar-refractivity contribution >= 4 is 24.8 Å². The number of hydrogen-bond acceptors (Lipinski definition) is 12. The Morgan fingerprint density at radius 1 is 0.688 bits per heavy atom. The minimum atomic E-state index is -1.77. The summed E-state index contributed by atoms with van der Waals surface area (Å²) >= 11 is 0. The van der Waals surface area contributed by atoms with Gasteiger partial charge in [0.05, 0.1) is 25.4 Å². The summed E-state index contributed by atoms with van der Waals surface area (Å²) in [7, 11) is 0. The van der Waals surface area contributed by atoms with Crippen molar-refractivity contribution in [3.05, 3.63) is 0 Å². The van der Waals surface area contributed by atoms with Crippen LogP contribution in [0.4, 0.5) is 0 Å². The Bertz CT molecular complexity index is 491. The molecule has 32 heavy (non-hydrogen) atoms. The summed E-state index contributed by atoms with van der Waals surface area (Å²) in [6, 6.07) is -0.0687. The summed E-state index contributed by atoms with van der Waals surface area (Å²) in [5.74, 6) is 0. The van der Waals surface area contributed by atoms with E-state index in [9.17, 15) is 40.9 Å². The number of rotatable bonds is 13. The van der Waals surface area contributed by atoms with Gasteiger partial charge in [-0.2, -0.15) is 0 Å². The summed E-state index contributed by atoms with van der Waals surface area (Å²) in [6.45, 7) is -1.84. The minimum absolute atomic E-state index is 0. The van der Waals surface area contributed by atoms with E-state index < -0.39 is 67.6 Å². The van der Waals surface area contributed by atoms with Gasteiger partial charge in [0, 0.05) is 18.1 Å². The molecule has 0 amide bonds. The van der Waals surface area contributed by atoms with Crippen LogP contribution in [0, 0.1) is 0 Å². The first-order valence-electron chi connectivity index (χ1n) is 10.1. The molecule has 0 aromatic heterocycles. The number of aliphatic hydroxyl groups is 10. The fourth-order valence-corrected chi connectivity index (χ4v) is 3.74. The highest BCUT2D eigenvalue weighted by atomic mass is 35.5. The van der Waals surface area contributed by atoms with Gasteiger partial charge in [-0.15, -0.1) is 24.8 Å². The third-order valence-electron chi connectivity index (χ3n) is 5.92. The molecule has 0 radical (unpaired) electrons. The third kappa shape index (κ3) is 9.76. The zero-order chi connectivity index (χ0) is 23.1. The Hall–Kier alpha value is 0.100. The number of halogens is 2. The molecule has 13 N–H and O–H groups in total. The normalized spacial score (nSPS) is 28.8. The van der Waals surface area contributed by atoms with Gasteiger partial charge in [-0.05, 0) is 32.1 Å². The van der Waals surface area contributed by atoms with E-state index in [1.54, 1.807) is 0 Å². The molecule has 0 spiro atoms. The Kier molecular flexibility index (Phi) is 17.0. The first-order valence-corrected chi connectivity index (χ1v) is 10.1. The van der Waals surface area contributed by atoms with Gasteiger partial charge in [-0.3, -0.25) is 0 Å². The Morgan fingerprint density at radius 3 is 1.47 bits per heavy atom. The van der Waals surface area contributed by atoms with Gasteiger partial charge in [0.15, 0.2) is 0 Å². The molecule has 12 nitrogen and oxygen atoms in total. The van der Waals surface area contributed by atoms with E-state index in [2.05, 4.69) is 5.32 Å². The van der Waals surface area contributed by atoms with E-state index in [1.165, 1.54) is 0 Å². The number of hydrogen-bond donors (Lipinski definition) is 12. The van der Waals surface area contributed by atoms with Crippen LogP contribution in [0.2, 0.25) is 0 Å². The molecule has 8 atom stereocenters. The summed E-state index contributed by atoms with van der Waals surface area (Å²) < 4.78 is 0. The lowest BCUT2D eigenvalue weighted by Crippen LogP contribution is -2.58. The van der Waals surface area contributed by atoms with Crippen molar-refractivity contribution in [2.75, 3.05) is 19.8 Å². The van der Waals surface area contributed by atoms with Crippen LogP contribution in [-0.2, 0) is 0 Å². The van der Waals surface area contributed by atoms with Gasteiger partial charge in [-0.1, -0.05) is 0 Å². The monoisotopic (exact) mass is 514 g/mol. The van der Waals surface area contributed by atoms with Crippen LogP contribution in [0.25, 0.3) is 0 Å². The van der Waals surface area contributed by atoms with Crippen LogP contribution in [0.5, 0.6) is 0 Å². The average molecular weight is 515 g/mol. The predicted octanol–water partition coefficient (Wildman–Crippen LogP) is -4.68. The summed E-state index contributed by atoms with van der Waals surface area (Å²) in [5.41, 5.74) is 5.10. The summed E-state index contributed by atoms with van der Waals surface area (Å²) in [6.07, 6.45) is -11.3. The molecule has 0 unspecified atom stereocenters.